The molecule has 0 aliphatic rings. The lowest BCUT2D eigenvalue weighted by molar-refractivity contribution is -0.121. The zero-order valence-electron chi connectivity index (χ0n) is 10.6. The van der Waals surface area contributed by atoms with Crippen molar-refractivity contribution in [2.24, 2.45) is 0 Å². The second-order valence-electron chi connectivity index (χ2n) is 4.53. The third-order valence-corrected chi connectivity index (χ3v) is 3.54. The quantitative estimate of drug-likeness (QED) is 0.672. The minimum Gasteiger partial charge on any atom is -0.394 e. The van der Waals surface area contributed by atoms with E-state index in [0.717, 1.165) is 4.90 Å². The van der Waals surface area contributed by atoms with Crippen molar-refractivity contribution in [3.05, 3.63) is 29.8 Å². The molecule has 0 spiro atoms. The molecular formula is C13H19NO3S. The number of hydrogen-bond acceptors (Lipinski definition) is 4. The number of aliphatic hydroxyl groups excluding tert-OH is 2. The Morgan fingerprint density at radius 2 is 1.83 bits per heavy atom. The minimum atomic E-state index is -0.953. The summed E-state index contributed by atoms with van der Waals surface area (Å²) >= 11 is 1.42. The van der Waals surface area contributed by atoms with Crippen molar-refractivity contribution in [2.75, 3.05) is 19.0 Å². The minimum absolute atomic E-state index is 0.203. The van der Waals surface area contributed by atoms with Gasteiger partial charge in [-0.1, -0.05) is 17.7 Å². The molecule has 1 rings (SSSR count). The molecule has 1 aromatic rings. The molecule has 1 amide bonds. The molecule has 0 aromatic heterocycles. The summed E-state index contributed by atoms with van der Waals surface area (Å²) in [5, 5.41) is 20.8. The van der Waals surface area contributed by atoms with Gasteiger partial charge in [0, 0.05) is 4.90 Å². The van der Waals surface area contributed by atoms with Crippen LogP contribution in [-0.2, 0) is 4.79 Å². The molecule has 0 bridgehead atoms. The van der Waals surface area contributed by atoms with Gasteiger partial charge in [-0.3, -0.25) is 4.79 Å². The van der Waals surface area contributed by atoms with Gasteiger partial charge in [0.1, 0.15) is 0 Å². The number of nitrogens with one attached hydrogen (secondary N) is 1. The average Bonchev–Trinajstić information content (AvgIpc) is 2.38. The maximum atomic E-state index is 11.7. The van der Waals surface area contributed by atoms with Gasteiger partial charge in [0.15, 0.2) is 0 Å². The number of aryl methyl sites for hydroxylation is 1. The maximum Gasteiger partial charge on any atom is 0.230 e. The Bertz CT molecular complexity index is 388. The molecular weight excluding hydrogens is 250 g/mol. The van der Waals surface area contributed by atoms with Crippen molar-refractivity contribution in [3.63, 3.8) is 0 Å². The fourth-order valence-corrected chi connectivity index (χ4v) is 1.98. The van der Waals surface area contributed by atoms with Gasteiger partial charge in [-0.2, -0.15) is 0 Å². The molecule has 4 nitrogen and oxygen atoms in total. The van der Waals surface area contributed by atoms with Gasteiger partial charge in [0.05, 0.1) is 24.5 Å². The average molecular weight is 269 g/mol. The first kappa shape index (κ1) is 15.0. The summed E-state index contributed by atoms with van der Waals surface area (Å²) in [4.78, 5) is 12.7. The van der Waals surface area contributed by atoms with Crippen LogP contribution in [-0.4, -0.2) is 40.6 Å². The zero-order valence-corrected chi connectivity index (χ0v) is 11.5. The van der Waals surface area contributed by atoms with E-state index in [9.17, 15) is 4.79 Å². The first-order valence-electron chi connectivity index (χ1n) is 5.71. The Labute approximate surface area is 111 Å². The molecule has 0 aliphatic carbocycles. The number of thioether (sulfide) groups is 1. The van der Waals surface area contributed by atoms with Crippen LogP contribution in [0.4, 0.5) is 0 Å². The molecule has 0 saturated heterocycles. The first-order chi connectivity index (χ1) is 8.49. The molecule has 0 saturated carbocycles. The maximum absolute atomic E-state index is 11.7. The monoisotopic (exact) mass is 269 g/mol. The number of hydrogen-bond donors (Lipinski definition) is 3. The van der Waals surface area contributed by atoms with Crippen LogP contribution < -0.4 is 5.32 Å². The largest absolute Gasteiger partial charge is 0.394 e. The Morgan fingerprint density at radius 1 is 1.28 bits per heavy atom. The van der Waals surface area contributed by atoms with E-state index in [1.165, 1.54) is 17.3 Å². The smallest absolute Gasteiger partial charge is 0.230 e. The molecule has 0 radical (unpaired) electrons. The molecule has 18 heavy (non-hydrogen) atoms. The highest BCUT2D eigenvalue weighted by Gasteiger charge is 2.24. The SMILES string of the molecule is Cc1ccc(SCC(=O)NC(C)(CO)CO)cc1. The normalized spacial score (nSPS) is 11.3. The second kappa shape index (κ2) is 6.78. The molecule has 5 heteroatoms. The van der Waals surface area contributed by atoms with Gasteiger partial charge in [-0.25, -0.2) is 0 Å². The number of benzene rings is 1. The molecule has 0 heterocycles. The van der Waals surface area contributed by atoms with Crippen LogP contribution in [0.3, 0.4) is 0 Å². The highest BCUT2D eigenvalue weighted by Crippen LogP contribution is 2.18. The van der Waals surface area contributed by atoms with Crippen LogP contribution in [0.25, 0.3) is 0 Å². The van der Waals surface area contributed by atoms with Gasteiger partial charge in [0.2, 0.25) is 5.91 Å². The molecule has 0 atom stereocenters. The first-order valence-corrected chi connectivity index (χ1v) is 6.70. The second-order valence-corrected chi connectivity index (χ2v) is 5.58. The predicted molar refractivity (Wildman–Crippen MR) is 72.6 cm³/mol. The van der Waals surface area contributed by atoms with Crippen molar-refractivity contribution in [2.45, 2.75) is 24.3 Å². The van der Waals surface area contributed by atoms with Crippen LogP contribution in [0.1, 0.15) is 12.5 Å². The lowest BCUT2D eigenvalue weighted by Gasteiger charge is -2.26. The van der Waals surface area contributed by atoms with Crippen molar-refractivity contribution >= 4 is 17.7 Å². The highest BCUT2D eigenvalue weighted by molar-refractivity contribution is 8.00. The van der Waals surface area contributed by atoms with Crippen molar-refractivity contribution in [1.29, 1.82) is 0 Å². The van der Waals surface area contributed by atoms with Crippen molar-refractivity contribution in [1.82, 2.24) is 5.32 Å². The number of aliphatic hydroxyl groups is 2. The third-order valence-electron chi connectivity index (χ3n) is 2.53. The topological polar surface area (TPSA) is 69.6 Å². The van der Waals surface area contributed by atoms with Crippen LogP contribution >= 0.6 is 11.8 Å². The van der Waals surface area contributed by atoms with E-state index in [2.05, 4.69) is 5.32 Å². The number of amides is 1. The van der Waals surface area contributed by atoms with Crippen molar-refractivity contribution in [3.8, 4) is 0 Å². The van der Waals surface area contributed by atoms with Gasteiger partial charge in [-0.05, 0) is 26.0 Å². The van der Waals surface area contributed by atoms with E-state index in [0.29, 0.717) is 0 Å². The van der Waals surface area contributed by atoms with Crippen LogP contribution in [0.2, 0.25) is 0 Å². The van der Waals surface area contributed by atoms with E-state index in [1.54, 1.807) is 6.92 Å². The Kier molecular flexibility index (Phi) is 5.65. The summed E-state index contributed by atoms with van der Waals surface area (Å²) in [5.41, 5.74) is 0.224. The molecule has 0 aliphatic heterocycles. The summed E-state index contributed by atoms with van der Waals surface area (Å²) in [6.07, 6.45) is 0. The van der Waals surface area contributed by atoms with E-state index in [4.69, 9.17) is 10.2 Å². The van der Waals surface area contributed by atoms with Crippen molar-refractivity contribution < 1.29 is 15.0 Å². The lowest BCUT2D eigenvalue weighted by atomic mass is 10.1. The van der Waals surface area contributed by atoms with Crippen LogP contribution in [0.15, 0.2) is 29.2 Å². The number of carbonyl (C=O) groups excluding carboxylic acids is 1. The highest BCUT2D eigenvalue weighted by atomic mass is 32.2. The number of rotatable bonds is 6. The molecule has 100 valence electrons. The molecule has 0 fully saturated rings. The summed E-state index contributed by atoms with van der Waals surface area (Å²) in [6, 6.07) is 7.91. The summed E-state index contributed by atoms with van der Waals surface area (Å²) < 4.78 is 0. The molecule has 0 unspecified atom stereocenters. The Hall–Kier alpha value is -1.04. The van der Waals surface area contributed by atoms with Gasteiger partial charge in [0.25, 0.3) is 0 Å². The van der Waals surface area contributed by atoms with Gasteiger partial charge < -0.3 is 15.5 Å². The lowest BCUT2D eigenvalue weighted by Crippen LogP contribution is -2.52. The Morgan fingerprint density at radius 3 is 2.33 bits per heavy atom. The van der Waals surface area contributed by atoms with Gasteiger partial charge >= 0.3 is 0 Å². The Balaban J connectivity index is 2.44. The summed E-state index contributed by atoms with van der Waals surface area (Å²) in [7, 11) is 0. The number of carbonyl (C=O) groups is 1. The van der Waals surface area contributed by atoms with E-state index < -0.39 is 5.54 Å². The fourth-order valence-electron chi connectivity index (χ4n) is 1.29. The van der Waals surface area contributed by atoms with E-state index >= 15 is 0 Å². The summed E-state index contributed by atoms with van der Waals surface area (Å²) in [5.74, 6) is 0.0599. The van der Waals surface area contributed by atoms with E-state index in [-0.39, 0.29) is 24.9 Å². The van der Waals surface area contributed by atoms with Crippen LogP contribution in [0, 0.1) is 6.92 Å². The van der Waals surface area contributed by atoms with E-state index in [1.807, 2.05) is 31.2 Å². The predicted octanol–water partition coefficient (Wildman–Crippen LogP) is 0.947. The fraction of sp³-hybridized carbons (Fsp3) is 0.462. The zero-order chi connectivity index (χ0) is 13.6. The standard InChI is InChI=1S/C13H19NO3S/c1-10-3-5-11(6-4-10)18-7-12(17)14-13(2,8-15)9-16/h3-6,15-16H,7-9H2,1-2H3,(H,14,17). The molecule has 3 N–H and O–H groups in total. The van der Waals surface area contributed by atoms with Crippen LogP contribution in [0.5, 0.6) is 0 Å². The molecule has 1 aromatic carbocycles. The van der Waals surface area contributed by atoms with Gasteiger partial charge in [-0.15, -0.1) is 11.8 Å². The third kappa shape index (κ3) is 4.68. The summed E-state index contributed by atoms with van der Waals surface area (Å²) in [6.45, 7) is 3.03.